The molecule has 0 saturated carbocycles. The van der Waals surface area contributed by atoms with E-state index in [1.54, 1.807) is 11.5 Å². The van der Waals surface area contributed by atoms with Crippen LogP contribution in [0.3, 0.4) is 0 Å². The number of hydrogen-bond donors (Lipinski definition) is 3. The number of alkyl halides is 3. The Balaban J connectivity index is 1.60. The van der Waals surface area contributed by atoms with Gasteiger partial charge in [-0.25, -0.2) is 4.98 Å². The Kier molecular flexibility index (Phi) is 6.33. The maximum absolute atomic E-state index is 13.0. The number of thiophene rings is 1. The van der Waals surface area contributed by atoms with Crippen LogP contribution in [-0.2, 0) is 11.0 Å². The summed E-state index contributed by atoms with van der Waals surface area (Å²) in [6.45, 7) is 1.86. The van der Waals surface area contributed by atoms with E-state index in [0.717, 1.165) is 10.9 Å². The van der Waals surface area contributed by atoms with Crippen molar-refractivity contribution in [3.8, 4) is 10.7 Å². The van der Waals surface area contributed by atoms with Gasteiger partial charge in [0.25, 0.3) is 0 Å². The Morgan fingerprint density at radius 1 is 1.34 bits per heavy atom. The summed E-state index contributed by atoms with van der Waals surface area (Å²) in [6, 6.07) is 5.25. The van der Waals surface area contributed by atoms with Crippen LogP contribution in [0.15, 0.2) is 35.8 Å². The van der Waals surface area contributed by atoms with Crippen LogP contribution in [0.4, 0.5) is 19.0 Å². The molecule has 29 heavy (non-hydrogen) atoms. The molecule has 3 heterocycles. The van der Waals surface area contributed by atoms with Gasteiger partial charge in [0.2, 0.25) is 5.91 Å². The van der Waals surface area contributed by atoms with Crippen LogP contribution in [-0.4, -0.2) is 38.7 Å². The van der Waals surface area contributed by atoms with E-state index >= 15 is 0 Å². The van der Waals surface area contributed by atoms with Gasteiger partial charge in [-0.05, 0) is 42.7 Å². The van der Waals surface area contributed by atoms with Crippen LogP contribution >= 0.6 is 23.6 Å². The van der Waals surface area contributed by atoms with Gasteiger partial charge in [0, 0.05) is 19.3 Å². The Morgan fingerprint density at radius 3 is 2.83 bits per heavy atom. The van der Waals surface area contributed by atoms with Gasteiger partial charge in [-0.2, -0.15) is 18.3 Å². The van der Waals surface area contributed by atoms with Crippen LogP contribution in [0.1, 0.15) is 18.5 Å². The number of rotatable bonds is 7. The molecule has 3 aromatic heterocycles. The SMILES string of the molecule is CC(C(=O)NCCNc1ncccc1C(F)(F)F)n1c(-c2cccs2)n[nH]c1=S. The molecular formula is C17H17F3N6OS2. The number of pyridine rings is 1. The Labute approximate surface area is 173 Å². The van der Waals surface area contributed by atoms with Crippen molar-refractivity contribution in [2.24, 2.45) is 0 Å². The lowest BCUT2D eigenvalue weighted by Gasteiger charge is -2.16. The number of anilines is 1. The van der Waals surface area contributed by atoms with Crippen molar-refractivity contribution >= 4 is 35.3 Å². The fraction of sp³-hybridized carbons (Fsp3) is 0.294. The lowest BCUT2D eigenvalue weighted by atomic mass is 10.2. The molecular weight excluding hydrogens is 425 g/mol. The summed E-state index contributed by atoms with van der Waals surface area (Å²) in [5, 5.41) is 14.0. The van der Waals surface area contributed by atoms with Gasteiger partial charge in [-0.15, -0.1) is 11.3 Å². The molecule has 3 N–H and O–H groups in total. The van der Waals surface area contributed by atoms with Crippen molar-refractivity contribution in [3.63, 3.8) is 0 Å². The number of halogens is 3. The van der Waals surface area contributed by atoms with Gasteiger partial charge >= 0.3 is 6.18 Å². The van der Waals surface area contributed by atoms with Gasteiger partial charge in [0.15, 0.2) is 10.6 Å². The summed E-state index contributed by atoms with van der Waals surface area (Å²) in [5.74, 6) is -0.0624. The number of hydrogen-bond acceptors (Lipinski definition) is 6. The van der Waals surface area contributed by atoms with E-state index in [1.165, 1.54) is 23.6 Å². The minimum atomic E-state index is -4.51. The fourth-order valence-electron chi connectivity index (χ4n) is 2.65. The zero-order valence-corrected chi connectivity index (χ0v) is 16.8. The van der Waals surface area contributed by atoms with E-state index < -0.39 is 17.8 Å². The Hall–Kier alpha value is -2.73. The van der Waals surface area contributed by atoms with Crippen LogP contribution in [0.5, 0.6) is 0 Å². The molecule has 3 aromatic rings. The summed E-state index contributed by atoms with van der Waals surface area (Å²) >= 11 is 6.70. The second kappa shape index (κ2) is 8.74. The molecule has 0 aliphatic heterocycles. The lowest BCUT2D eigenvalue weighted by Crippen LogP contribution is -2.34. The van der Waals surface area contributed by atoms with Gasteiger partial charge in [-0.3, -0.25) is 14.5 Å². The van der Waals surface area contributed by atoms with E-state index in [2.05, 4.69) is 25.8 Å². The van der Waals surface area contributed by atoms with Crippen LogP contribution in [0.2, 0.25) is 0 Å². The molecule has 0 saturated heterocycles. The van der Waals surface area contributed by atoms with Crippen molar-refractivity contribution in [2.75, 3.05) is 18.4 Å². The van der Waals surface area contributed by atoms with Gasteiger partial charge < -0.3 is 10.6 Å². The van der Waals surface area contributed by atoms with E-state index in [9.17, 15) is 18.0 Å². The summed E-state index contributed by atoms with van der Waals surface area (Å²) in [5.41, 5.74) is -0.856. The van der Waals surface area contributed by atoms with Crippen LogP contribution < -0.4 is 10.6 Å². The standard InChI is InChI=1S/C17H17F3N6OS2/c1-10(26-14(24-25-16(26)28)12-5-3-9-29-12)15(27)23-8-7-22-13-11(17(18,19)20)4-2-6-21-13/h2-6,9-10H,7-8H2,1H3,(H,21,22)(H,23,27)(H,25,28). The first-order valence-electron chi connectivity index (χ1n) is 8.53. The summed E-state index contributed by atoms with van der Waals surface area (Å²) in [4.78, 5) is 17.1. The number of nitrogens with one attached hydrogen (secondary N) is 3. The van der Waals surface area contributed by atoms with Crippen LogP contribution in [0.25, 0.3) is 10.7 Å². The van der Waals surface area contributed by atoms with Crippen molar-refractivity contribution in [1.82, 2.24) is 25.1 Å². The fourth-order valence-corrected chi connectivity index (χ4v) is 3.65. The minimum absolute atomic E-state index is 0.0765. The highest BCUT2D eigenvalue weighted by molar-refractivity contribution is 7.71. The molecule has 7 nitrogen and oxygen atoms in total. The Bertz CT molecular complexity index is 1030. The van der Waals surface area contributed by atoms with Gasteiger partial charge in [-0.1, -0.05) is 6.07 Å². The number of aromatic nitrogens is 4. The topological polar surface area (TPSA) is 87.6 Å². The second-order valence-electron chi connectivity index (χ2n) is 5.99. The maximum Gasteiger partial charge on any atom is 0.419 e. The van der Waals surface area contributed by atoms with Crippen molar-refractivity contribution in [3.05, 3.63) is 46.2 Å². The first-order valence-corrected chi connectivity index (χ1v) is 9.82. The van der Waals surface area contributed by atoms with E-state index in [-0.39, 0.29) is 24.8 Å². The first kappa shape index (κ1) is 21.0. The van der Waals surface area contributed by atoms with Crippen molar-refractivity contribution < 1.29 is 18.0 Å². The molecule has 154 valence electrons. The van der Waals surface area contributed by atoms with Crippen molar-refractivity contribution in [2.45, 2.75) is 19.1 Å². The predicted octanol–water partition coefficient (Wildman–Crippen LogP) is 3.87. The van der Waals surface area contributed by atoms with E-state index in [4.69, 9.17) is 12.2 Å². The average Bonchev–Trinajstić information content (AvgIpc) is 3.33. The third-order valence-electron chi connectivity index (χ3n) is 4.04. The Morgan fingerprint density at radius 2 is 2.14 bits per heavy atom. The summed E-state index contributed by atoms with van der Waals surface area (Å²) in [7, 11) is 0. The van der Waals surface area contributed by atoms with E-state index in [0.29, 0.717) is 10.6 Å². The lowest BCUT2D eigenvalue weighted by molar-refractivity contribution is -0.137. The highest BCUT2D eigenvalue weighted by Gasteiger charge is 2.34. The molecule has 1 atom stereocenters. The van der Waals surface area contributed by atoms with Gasteiger partial charge in [0.1, 0.15) is 11.9 Å². The smallest absolute Gasteiger partial charge is 0.368 e. The molecule has 1 unspecified atom stereocenters. The number of amides is 1. The minimum Gasteiger partial charge on any atom is -0.368 e. The monoisotopic (exact) mass is 442 g/mol. The predicted molar refractivity (Wildman–Crippen MR) is 106 cm³/mol. The third-order valence-corrected chi connectivity index (χ3v) is 5.20. The second-order valence-corrected chi connectivity index (χ2v) is 7.33. The molecule has 0 aromatic carbocycles. The largest absolute Gasteiger partial charge is 0.419 e. The first-order chi connectivity index (χ1) is 13.8. The maximum atomic E-state index is 13.0. The zero-order chi connectivity index (χ0) is 21.0. The highest BCUT2D eigenvalue weighted by Crippen LogP contribution is 2.33. The molecule has 0 aliphatic carbocycles. The summed E-state index contributed by atoms with van der Waals surface area (Å²) < 4.78 is 40.8. The van der Waals surface area contributed by atoms with Gasteiger partial charge in [0.05, 0.1) is 10.4 Å². The zero-order valence-electron chi connectivity index (χ0n) is 15.2. The molecule has 0 fully saturated rings. The number of carbonyl (C=O) groups excluding carboxylic acids is 1. The van der Waals surface area contributed by atoms with Crippen molar-refractivity contribution in [1.29, 1.82) is 0 Å². The molecule has 3 rings (SSSR count). The normalized spacial score (nSPS) is 12.6. The summed E-state index contributed by atoms with van der Waals surface area (Å²) in [6.07, 6.45) is -3.24. The molecule has 0 aliphatic rings. The number of aromatic amines is 1. The molecule has 0 bridgehead atoms. The van der Waals surface area contributed by atoms with Crippen LogP contribution in [0, 0.1) is 4.77 Å². The molecule has 0 radical (unpaired) electrons. The number of nitrogens with zero attached hydrogens (tertiary/aromatic N) is 3. The quantitative estimate of drug-likeness (QED) is 0.382. The molecule has 12 heteroatoms. The average molecular weight is 442 g/mol. The third kappa shape index (κ3) is 4.82. The highest BCUT2D eigenvalue weighted by atomic mass is 32.1. The molecule has 1 amide bonds. The molecule has 0 spiro atoms. The number of H-pyrrole nitrogens is 1. The van der Waals surface area contributed by atoms with E-state index in [1.807, 2.05) is 17.5 Å². The number of carbonyl (C=O) groups is 1.